The number of nitrogens with zero attached hydrogens (tertiary/aromatic N) is 1. The molecule has 0 aliphatic carbocycles. The van der Waals surface area contributed by atoms with Gasteiger partial charge in [-0.3, -0.25) is 9.79 Å². The number of benzene rings is 2. The summed E-state index contributed by atoms with van der Waals surface area (Å²) in [6, 6.07) is 14.1. The van der Waals surface area contributed by atoms with Gasteiger partial charge in [0.25, 0.3) is 5.91 Å². The van der Waals surface area contributed by atoms with Crippen LogP contribution in [0, 0.1) is 0 Å². The Morgan fingerprint density at radius 3 is 2.68 bits per heavy atom. The Morgan fingerprint density at radius 1 is 1.18 bits per heavy atom. The zero-order chi connectivity index (χ0) is 20.4. The first-order valence-electron chi connectivity index (χ1n) is 9.37. The molecule has 0 radical (unpaired) electrons. The summed E-state index contributed by atoms with van der Waals surface area (Å²) in [6.07, 6.45) is 0.701. The van der Waals surface area contributed by atoms with Crippen molar-refractivity contribution in [3.8, 4) is 5.75 Å². The van der Waals surface area contributed by atoms with E-state index < -0.39 is 0 Å². The minimum atomic E-state index is -0.209. The molecule has 7 heteroatoms. The molecular formula is C21H27ClN4O2. The minimum Gasteiger partial charge on any atom is -0.508 e. The summed E-state index contributed by atoms with van der Waals surface area (Å²) in [5, 5.41) is 19.5. The number of carbonyl (C=O) groups excluding carboxylic acids is 1. The monoisotopic (exact) mass is 402 g/mol. The molecule has 2 aromatic carbocycles. The number of hydrogen-bond donors (Lipinski definition) is 4. The minimum absolute atomic E-state index is 0.0574. The molecule has 6 nitrogen and oxygen atoms in total. The summed E-state index contributed by atoms with van der Waals surface area (Å²) in [4.78, 5) is 16.6. The largest absolute Gasteiger partial charge is 0.508 e. The number of phenols is 1. The normalized spacial score (nSPS) is 12.3. The third-order valence-electron chi connectivity index (χ3n) is 4.04. The van der Waals surface area contributed by atoms with Crippen LogP contribution < -0.4 is 16.0 Å². The molecule has 0 heterocycles. The fraction of sp³-hybridized carbons (Fsp3) is 0.333. The van der Waals surface area contributed by atoms with Crippen molar-refractivity contribution < 1.29 is 9.90 Å². The maximum absolute atomic E-state index is 12.0. The Hall–Kier alpha value is -2.73. The van der Waals surface area contributed by atoms with Gasteiger partial charge in [0.1, 0.15) is 5.75 Å². The van der Waals surface area contributed by atoms with Gasteiger partial charge in [-0.2, -0.15) is 0 Å². The van der Waals surface area contributed by atoms with Crippen molar-refractivity contribution in [3.05, 3.63) is 64.7 Å². The molecule has 0 aromatic heterocycles. The van der Waals surface area contributed by atoms with Crippen molar-refractivity contribution in [2.24, 2.45) is 4.99 Å². The summed E-state index contributed by atoms with van der Waals surface area (Å²) in [7, 11) is 0. The van der Waals surface area contributed by atoms with Crippen molar-refractivity contribution in [1.29, 1.82) is 0 Å². The van der Waals surface area contributed by atoms with Gasteiger partial charge in [0, 0.05) is 30.2 Å². The lowest BCUT2D eigenvalue weighted by Crippen LogP contribution is -2.39. The van der Waals surface area contributed by atoms with E-state index in [1.165, 1.54) is 12.1 Å². The second-order valence-corrected chi connectivity index (χ2v) is 6.78. The van der Waals surface area contributed by atoms with Crippen LogP contribution in [0.5, 0.6) is 5.75 Å². The lowest BCUT2D eigenvalue weighted by Gasteiger charge is -2.18. The molecule has 150 valence electrons. The lowest BCUT2D eigenvalue weighted by molar-refractivity contribution is 0.0953. The summed E-state index contributed by atoms with van der Waals surface area (Å²) < 4.78 is 0. The summed E-state index contributed by atoms with van der Waals surface area (Å²) in [6.45, 7) is 5.88. The molecule has 2 rings (SSSR count). The summed E-state index contributed by atoms with van der Waals surface area (Å²) in [5.74, 6) is 0.584. The molecule has 0 saturated heterocycles. The average molecular weight is 403 g/mol. The second-order valence-electron chi connectivity index (χ2n) is 6.34. The predicted molar refractivity (Wildman–Crippen MR) is 114 cm³/mol. The highest BCUT2D eigenvalue weighted by atomic mass is 35.5. The molecule has 28 heavy (non-hydrogen) atoms. The van der Waals surface area contributed by atoms with Crippen LogP contribution in [0.4, 0.5) is 0 Å². The van der Waals surface area contributed by atoms with Gasteiger partial charge < -0.3 is 21.1 Å². The number of amides is 1. The predicted octanol–water partition coefficient (Wildman–Crippen LogP) is 3.48. The van der Waals surface area contributed by atoms with E-state index in [4.69, 9.17) is 11.6 Å². The Bertz CT molecular complexity index is 810. The van der Waals surface area contributed by atoms with E-state index in [9.17, 15) is 9.90 Å². The first-order chi connectivity index (χ1) is 13.5. The Labute approximate surface area is 171 Å². The molecule has 0 aliphatic rings. The highest BCUT2D eigenvalue weighted by molar-refractivity contribution is 6.30. The van der Waals surface area contributed by atoms with Gasteiger partial charge in [0.15, 0.2) is 5.96 Å². The first kappa shape index (κ1) is 21.6. The van der Waals surface area contributed by atoms with Crippen molar-refractivity contribution >= 4 is 23.5 Å². The number of aromatic hydroxyl groups is 1. The van der Waals surface area contributed by atoms with Gasteiger partial charge in [-0.25, -0.2) is 0 Å². The Morgan fingerprint density at radius 2 is 1.96 bits per heavy atom. The molecule has 0 aliphatic heterocycles. The van der Waals surface area contributed by atoms with Crippen LogP contribution in [0.3, 0.4) is 0 Å². The van der Waals surface area contributed by atoms with Gasteiger partial charge in [-0.15, -0.1) is 0 Å². The van der Waals surface area contributed by atoms with E-state index in [0.717, 1.165) is 12.1 Å². The van der Waals surface area contributed by atoms with E-state index in [-0.39, 0.29) is 17.7 Å². The molecule has 4 N–H and O–H groups in total. The fourth-order valence-corrected chi connectivity index (χ4v) is 2.80. The number of nitrogens with one attached hydrogen (secondary N) is 3. The highest BCUT2D eigenvalue weighted by Crippen LogP contribution is 2.17. The number of halogens is 1. The van der Waals surface area contributed by atoms with Gasteiger partial charge in [-0.05, 0) is 56.2 Å². The van der Waals surface area contributed by atoms with Gasteiger partial charge in [0.05, 0.1) is 6.04 Å². The van der Waals surface area contributed by atoms with Crippen molar-refractivity contribution in [2.75, 3.05) is 19.6 Å². The van der Waals surface area contributed by atoms with Crippen molar-refractivity contribution in [3.63, 3.8) is 0 Å². The van der Waals surface area contributed by atoms with E-state index >= 15 is 0 Å². The van der Waals surface area contributed by atoms with Gasteiger partial charge >= 0.3 is 0 Å². The molecule has 0 fully saturated rings. The molecule has 0 spiro atoms. The smallest absolute Gasteiger partial charge is 0.251 e. The van der Waals surface area contributed by atoms with Gasteiger partial charge in [0.2, 0.25) is 0 Å². The Kier molecular flexibility index (Phi) is 8.62. The second kappa shape index (κ2) is 11.2. The lowest BCUT2D eigenvalue weighted by atomic mass is 10.1. The quantitative estimate of drug-likeness (QED) is 0.309. The maximum Gasteiger partial charge on any atom is 0.251 e. The standard InChI is InChI=1S/C21H27ClN4O2/c1-3-23-21(26-15(2)16-7-4-9-18(22)13-16)25-12-6-11-24-20(28)17-8-5-10-19(27)14-17/h4-5,7-10,13-15,27H,3,6,11-12H2,1-2H3,(H,24,28)(H2,23,25,26). The highest BCUT2D eigenvalue weighted by Gasteiger charge is 2.08. The number of carbonyl (C=O) groups is 1. The SMILES string of the molecule is CCNC(=NCCCNC(=O)c1cccc(O)c1)NC(C)c1cccc(Cl)c1. The topological polar surface area (TPSA) is 85.8 Å². The summed E-state index contributed by atoms with van der Waals surface area (Å²) >= 11 is 6.06. The Balaban J connectivity index is 1.81. The van der Waals surface area contributed by atoms with Crippen LogP contribution in [-0.4, -0.2) is 36.6 Å². The summed E-state index contributed by atoms with van der Waals surface area (Å²) in [5.41, 5.74) is 1.52. The third-order valence-corrected chi connectivity index (χ3v) is 4.28. The van der Waals surface area contributed by atoms with Crippen molar-refractivity contribution in [2.45, 2.75) is 26.3 Å². The number of aliphatic imine (C=N–C) groups is 1. The van der Waals surface area contributed by atoms with Crippen LogP contribution in [0.25, 0.3) is 0 Å². The van der Waals surface area contributed by atoms with E-state index in [2.05, 4.69) is 20.9 Å². The molecule has 1 amide bonds. The molecular weight excluding hydrogens is 376 g/mol. The number of rotatable bonds is 8. The number of guanidine groups is 1. The van der Waals surface area contributed by atoms with Crippen LogP contribution in [-0.2, 0) is 0 Å². The zero-order valence-corrected chi connectivity index (χ0v) is 17.0. The molecule has 1 unspecified atom stereocenters. The molecule has 0 bridgehead atoms. The van der Waals surface area contributed by atoms with Gasteiger partial charge in [-0.1, -0.05) is 29.8 Å². The van der Waals surface area contributed by atoms with E-state index in [1.807, 2.05) is 38.1 Å². The molecule has 1 atom stereocenters. The molecule has 0 saturated carbocycles. The maximum atomic E-state index is 12.0. The average Bonchev–Trinajstić information content (AvgIpc) is 2.67. The number of hydrogen-bond acceptors (Lipinski definition) is 3. The van der Waals surface area contributed by atoms with Crippen LogP contribution in [0.15, 0.2) is 53.5 Å². The first-order valence-corrected chi connectivity index (χ1v) is 9.75. The molecule has 2 aromatic rings. The zero-order valence-electron chi connectivity index (χ0n) is 16.2. The van der Waals surface area contributed by atoms with E-state index in [1.54, 1.807) is 12.1 Å². The van der Waals surface area contributed by atoms with Crippen molar-refractivity contribution in [1.82, 2.24) is 16.0 Å². The fourth-order valence-electron chi connectivity index (χ4n) is 2.61. The third kappa shape index (κ3) is 7.12. The van der Waals surface area contributed by atoms with Crippen LogP contribution in [0.2, 0.25) is 5.02 Å². The van der Waals surface area contributed by atoms with E-state index in [0.29, 0.717) is 36.1 Å². The van der Waals surface area contributed by atoms with Crippen LogP contribution >= 0.6 is 11.6 Å². The van der Waals surface area contributed by atoms with Crippen LogP contribution in [0.1, 0.15) is 42.2 Å². The number of phenolic OH excluding ortho intramolecular Hbond substituents is 1.